The van der Waals surface area contributed by atoms with Gasteiger partial charge in [0.1, 0.15) is 5.69 Å². The second-order valence-corrected chi connectivity index (χ2v) is 8.38. The molecule has 9 nitrogen and oxygen atoms in total. The lowest BCUT2D eigenvalue weighted by molar-refractivity contribution is -0.191. The Labute approximate surface area is 224 Å². The molecule has 0 fully saturated rings. The fourth-order valence-electron chi connectivity index (χ4n) is 2.87. The van der Waals surface area contributed by atoms with Crippen LogP contribution in [0.4, 0.5) is 5.69 Å². The van der Waals surface area contributed by atoms with Gasteiger partial charge >= 0.3 is 18.1 Å². The van der Waals surface area contributed by atoms with Crippen LogP contribution in [0.1, 0.15) is 24.8 Å². The Morgan fingerprint density at radius 2 is 1.57 bits per heavy atom. The molecule has 0 aliphatic heterocycles. The molecule has 0 saturated carbocycles. The second kappa shape index (κ2) is 17.6. The topological polar surface area (TPSA) is 132 Å². The minimum absolute atomic E-state index is 0. The van der Waals surface area contributed by atoms with Gasteiger partial charge in [0.25, 0.3) is 0 Å². The van der Waals surface area contributed by atoms with E-state index in [0.717, 1.165) is 21.2 Å². The van der Waals surface area contributed by atoms with Crippen LogP contribution in [0.5, 0.6) is 0 Å². The minimum atomic E-state index is -0.542. The molecule has 198 valence electrons. The molecule has 0 amide bonds. The summed E-state index contributed by atoms with van der Waals surface area (Å²) in [4.78, 5) is 55.5. The summed E-state index contributed by atoms with van der Waals surface area (Å²) in [5.74, 6) is -0.897. The number of pyridine rings is 1. The number of para-hydroxylation sites is 2. The zero-order valence-electron chi connectivity index (χ0n) is 20.4. The Hall–Kier alpha value is -3.79. The Balaban J connectivity index is 0.000000619. The standard InChI is InChI=1S/C12H11NO3S.C12H15NO2S.CO2.CH4/c1-16-12(15)8-6-9(14)7-4-3-5-10(17-2)11(7)13-8;1-9(8-12(14)15-2)13-10-6-4-5-7-11(10)16-3;2-1-3;/h3-6H,1-2H3,(H,13,14);4-8,13H,1-3H3;;1H4/b;9-8+;;. The maximum Gasteiger partial charge on any atom is 0.373 e. The highest BCUT2D eigenvalue weighted by Gasteiger charge is 2.11. The average molecular weight is 547 g/mol. The van der Waals surface area contributed by atoms with Crippen molar-refractivity contribution in [2.75, 3.05) is 32.0 Å². The Morgan fingerprint density at radius 1 is 0.973 bits per heavy atom. The van der Waals surface area contributed by atoms with Crippen molar-refractivity contribution in [3.05, 3.63) is 76.2 Å². The summed E-state index contributed by atoms with van der Waals surface area (Å²) in [6, 6.07) is 14.6. The Morgan fingerprint density at radius 3 is 2.14 bits per heavy atom. The van der Waals surface area contributed by atoms with Crippen molar-refractivity contribution < 1.29 is 28.7 Å². The molecule has 3 aromatic rings. The summed E-state index contributed by atoms with van der Waals surface area (Å²) in [6.07, 6.45) is 5.61. The number of benzene rings is 2. The number of aromatic amines is 1. The fourth-order valence-corrected chi connectivity index (χ4v) is 4.00. The number of anilines is 1. The van der Waals surface area contributed by atoms with Gasteiger partial charge in [-0.15, -0.1) is 23.5 Å². The van der Waals surface area contributed by atoms with Crippen LogP contribution in [-0.2, 0) is 23.9 Å². The molecule has 37 heavy (non-hydrogen) atoms. The monoisotopic (exact) mass is 546 g/mol. The summed E-state index contributed by atoms with van der Waals surface area (Å²) in [5, 5.41) is 3.74. The lowest BCUT2D eigenvalue weighted by atomic mass is 10.2. The summed E-state index contributed by atoms with van der Waals surface area (Å²) < 4.78 is 9.15. The molecule has 0 bridgehead atoms. The fraction of sp³-hybridized carbons (Fsp3) is 0.231. The van der Waals surface area contributed by atoms with Crippen LogP contribution in [-0.4, -0.2) is 49.8 Å². The third kappa shape index (κ3) is 10.4. The third-order valence-corrected chi connectivity index (χ3v) is 6.00. The van der Waals surface area contributed by atoms with E-state index < -0.39 is 5.97 Å². The van der Waals surface area contributed by atoms with Gasteiger partial charge in [0, 0.05) is 33.0 Å². The number of ether oxygens (including phenoxy) is 2. The molecule has 0 atom stereocenters. The van der Waals surface area contributed by atoms with Gasteiger partial charge in [-0.05, 0) is 43.7 Å². The highest BCUT2D eigenvalue weighted by molar-refractivity contribution is 7.99. The Bertz CT molecular complexity index is 1310. The molecule has 0 radical (unpaired) electrons. The van der Waals surface area contributed by atoms with Crippen LogP contribution in [0.2, 0.25) is 0 Å². The third-order valence-electron chi connectivity index (χ3n) is 4.43. The highest BCUT2D eigenvalue weighted by Crippen LogP contribution is 2.25. The molecule has 2 N–H and O–H groups in total. The molecule has 0 saturated heterocycles. The van der Waals surface area contributed by atoms with Gasteiger partial charge in [-0.3, -0.25) is 4.79 Å². The van der Waals surface area contributed by atoms with Crippen LogP contribution in [0.25, 0.3) is 10.9 Å². The normalized spacial score (nSPS) is 9.81. The lowest BCUT2D eigenvalue weighted by Gasteiger charge is -2.10. The van der Waals surface area contributed by atoms with Gasteiger partial charge < -0.3 is 19.8 Å². The predicted molar refractivity (Wildman–Crippen MR) is 147 cm³/mol. The number of hydrogen-bond donors (Lipinski definition) is 2. The lowest BCUT2D eigenvalue weighted by Crippen LogP contribution is -2.11. The van der Waals surface area contributed by atoms with Gasteiger partial charge in [-0.1, -0.05) is 25.6 Å². The van der Waals surface area contributed by atoms with Crippen molar-refractivity contribution in [3.63, 3.8) is 0 Å². The molecule has 1 heterocycles. The Kier molecular flexibility index (Phi) is 15.8. The first kappa shape index (κ1) is 33.2. The van der Waals surface area contributed by atoms with Crippen molar-refractivity contribution in [2.45, 2.75) is 24.1 Å². The average Bonchev–Trinajstić information content (AvgIpc) is 2.88. The maximum absolute atomic E-state index is 11.9. The number of allylic oxidation sites excluding steroid dienone is 1. The van der Waals surface area contributed by atoms with E-state index in [-0.39, 0.29) is 30.7 Å². The number of fused-ring (bicyclic) bond motifs is 1. The van der Waals surface area contributed by atoms with E-state index in [1.807, 2.05) is 55.8 Å². The number of rotatable bonds is 6. The molecule has 0 aliphatic carbocycles. The van der Waals surface area contributed by atoms with Gasteiger partial charge in [0.2, 0.25) is 0 Å². The van der Waals surface area contributed by atoms with Gasteiger partial charge in [0.05, 0.1) is 25.4 Å². The van der Waals surface area contributed by atoms with Gasteiger partial charge in [-0.25, -0.2) is 9.59 Å². The van der Waals surface area contributed by atoms with E-state index in [9.17, 15) is 14.4 Å². The van der Waals surface area contributed by atoms with Gasteiger partial charge in [-0.2, -0.15) is 9.59 Å². The molecule has 0 unspecified atom stereocenters. The zero-order chi connectivity index (χ0) is 27.1. The number of carbonyl (C=O) groups is 2. The minimum Gasteiger partial charge on any atom is -0.466 e. The summed E-state index contributed by atoms with van der Waals surface area (Å²) in [6.45, 7) is 1.83. The number of methoxy groups -OCH3 is 2. The van der Waals surface area contributed by atoms with Crippen LogP contribution in [0.15, 0.2) is 74.9 Å². The first-order chi connectivity index (χ1) is 17.3. The van der Waals surface area contributed by atoms with E-state index in [0.29, 0.717) is 10.9 Å². The van der Waals surface area contributed by atoms with E-state index >= 15 is 0 Å². The molecule has 2 aromatic carbocycles. The SMILES string of the molecule is C.COC(=O)/C=C(\C)Nc1ccccc1SC.COC(=O)c1cc(=O)c2cccc(SC)c2[nH]1.O=C=O. The molecular weight excluding hydrogens is 516 g/mol. The van der Waals surface area contributed by atoms with Crippen LogP contribution < -0.4 is 10.7 Å². The molecule has 0 spiro atoms. The molecule has 11 heteroatoms. The van der Waals surface area contributed by atoms with E-state index in [4.69, 9.17) is 9.59 Å². The predicted octanol–water partition coefficient (Wildman–Crippen LogP) is 4.99. The van der Waals surface area contributed by atoms with Crippen LogP contribution in [0, 0.1) is 0 Å². The van der Waals surface area contributed by atoms with Crippen molar-refractivity contribution in [3.8, 4) is 0 Å². The van der Waals surface area contributed by atoms with Crippen molar-refractivity contribution >= 4 is 58.2 Å². The number of aromatic nitrogens is 1. The van der Waals surface area contributed by atoms with Crippen molar-refractivity contribution in [2.24, 2.45) is 0 Å². The molecule has 3 rings (SSSR count). The number of hydrogen-bond acceptors (Lipinski definition) is 10. The van der Waals surface area contributed by atoms with E-state index in [2.05, 4.69) is 19.8 Å². The first-order valence-corrected chi connectivity index (χ1v) is 12.6. The van der Waals surface area contributed by atoms with E-state index in [1.54, 1.807) is 17.8 Å². The number of carbonyl (C=O) groups excluding carboxylic acids is 4. The first-order valence-electron chi connectivity index (χ1n) is 10.2. The molecule has 1 aromatic heterocycles. The van der Waals surface area contributed by atoms with Crippen LogP contribution >= 0.6 is 23.5 Å². The molecule has 0 aliphatic rings. The van der Waals surface area contributed by atoms with Gasteiger partial charge in [0.15, 0.2) is 5.43 Å². The second-order valence-electron chi connectivity index (χ2n) is 6.68. The van der Waals surface area contributed by atoms with Crippen molar-refractivity contribution in [1.29, 1.82) is 0 Å². The largest absolute Gasteiger partial charge is 0.466 e. The van der Waals surface area contributed by atoms with E-state index in [1.165, 1.54) is 38.1 Å². The number of nitrogens with one attached hydrogen (secondary N) is 2. The van der Waals surface area contributed by atoms with Crippen molar-refractivity contribution in [1.82, 2.24) is 4.98 Å². The summed E-state index contributed by atoms with van der Waals surface area (Å²) in [7, 11) is 2.65. The summed E-state index contributed by atoms with van der Waals surface area (Å²) >= 11 is 3.17. The highest BCUT2D eigenvalue weighted by atomic mass is 32.2. The number of H-pyrrole nitrogens is 1. The quantitative estimate of drug-likeness (QED) is 0.248. The van der Waals surface area contributed by atoms with Crippen LogP contribution in [0.3, 0.4) is 0 Å². The number of thioether (sulfide) groups is 2. The maximum atomic E-state index is 11.9. The smallest absolute Gasteiger partial charge is 0.373 e. The zero-order valence-corrected chi connectivity index (χ0v) is 22.0. The molecular formula is C26H30N2O7S2. The summed E-state index contributed by atoms with van der Waals surface area (Å²) in [5.41, 5.74) is 2.41. The number of esters is 2.